The van der Waals surface area contributed by atoms with Gasteiger partial charge in [-0.3, -0.25) is 0 Å². The molecule has 0 aromatic heterocycles. The second kappa shape index (κ2) is 4.91. The highest BCUT2D eigenvalue weighted by atomic mass is 16.5. The Morgan fingerprint density at radius 2 is 2.13 bits per heavy atom. The van der Waals surface area contributed by atoms with E-state index in [4.69, 9.17) is 5.21 Å². The predicted octanol–water partition coefficient (Wildman–Crippen LogP) is 1.57. The number of methoxy groups -OCH3 is 1. The lowest BCUT2D eigenvalue weighted by molar-refractivity contribution is 0.0599. The molecule has 1 aromatic carbocycles. The van der Waals surface area contributed by atoms with Crippen LogP contribution in [0.15, 0.2) is 12.1 Å². The largest absolute Gasteiger partial charge is 0.465 e. The van der Waals surface area contributed by atoms with Crippen molar-refractivity contribution in [2.45, 2.75) is 20.4 Å². The molecule has 0 amide bonds. The standard InChI is InChI=1S/C11H15NO3/c1-7-4-9(6-12-14)5-10(8(7)2)11(13)15-3/h4-5,12,14H,6H2,1-3H3. The second-order valence-electron chi connectivity index (χ2n) is 3.41. The van der Waals surface area contributed by atoms with Crippen molar-refractivity contribution in [2.75, 3.05) is 7.11 Å². The van der Waals surface area contributed by atoms with Crippen LogP contribution in [0.3, 0.4) is 0 Å². The molecule has 0 saturated carbocycles. The molecule has 1 aromatic rings. The lowest BCUT2D eigenvalue weighted by Crippen LogP contribution is -2.10. The molecule has 2 N–H and O–H groups in total. The van der Waals surface area contributed by atoms with E-state index >= 15 is 0 Å². The summed E-state index contributed by atoms with van der Waals surface area (Å²) in [4.78, 5) is 11.4. The third kappa shape index (κ3) is 2.55. The fourth-order valence-corrected chi connectivity index (χ4v) is 1.45. The fourth-order valence-electron chi connectivity index (χ4n) is 1.45. The van der Waals surface area contributed by atoms with E-state index in [2.05, 4.69) is 10.2 Å². The van der Waals surface area contributed by atoms with Crippen LogP contribution in [-0.2, 0) is 11.3 Å². The van der Waals surface area contributed by atoms with Crippen molar-refractivity contribution >= 4 is 5.97 Å². The molecule has 1 rings (SSSR count). The first kappa shape index (κ1) is 11.7. The van der Waals surface area contributed by atoms with E-state index in [1.54, 1.807) is 6.07 Å². The zero-order chi connectivity index (χ0) is 11.4. The van der Waals surface area contributed by atoms with E-state index in [1.807, 2.05) is 19.9 Å². The normalized spacial score (nSPS) is 10.1. The summed E-state index contributed by atoms with van der Waals surface area (Å²) in [6.45, 7) is 4.10. The molecule has 0 unspecified atom stereocenters. The fraction of sp³-hybridized carbons (Fsp3) is 0.364. The van der Waals surface area contributed by atoms with Crippen molar-refractivity contribution in [3.05, 3.63) is 34.4 Å². The first-order valence-corrected chi connectivity index (χ1v) is 4.65. The smallest absolute Gasteiger partial charge is 0.338 e. The van der Waals surface area contributed by atoms with Gasteiger partial charge in [0.2, 0.25) is 0 Å². The molecule has 0 fully saturated rings. The third-order valence-electron chi connectivity index (χ3n) is 2.42. The third-order valence-corrected chi connectivity index (χ3v) is 2.42. The minimum Gasteiger partial charge on any atom is -0.465 e. The van der Waals surface area contributed by atoms with Gasteiger partial charge in [-0.1, -0.05) is 6.07 Å². The topological polar surface area (TPSA) is 58.6 Å². The lowest BCUT2D eigenvalue weighted by Gasteiger charge is -2.10. The Bertz CT molecular complexity index is 374. The van der Waals surface area contributed by atoms with E-state index < -0.39 is 0 Å². The number of carbonyl (C=O) groups excluding carboxylic acids is 1. The predicted molar refractivity (Wildman–Crippen MR) is 55.9 cm³/mol. The van der Waals surface area contributed by atoms with E-state index in [-0.39, 0.29) is 5.97 Å². The van der Waals surface area contributed by atoms with Gasteiger partial charge in [0.25, 0.3) is 0 Å². The van der Waals surface area contributed by atoms with Crippen LogP contribution in [0.4, 0.5) is 0 Å². The van der Waals surface area contributed by atoms with Crippen LogP contribution in [0.25, 0.3) is 0 Å². The molecule has 15 heavy (non-hydrogen) atoms. The van der Waals surface area contributed by atoms with Crippen molar-refractivity contribution in [2.24, 2.45) is 0 Å². The Morgan fingerprint density at radius 1 is 1.47 bits per heavy atom. The Labute approximate surface area is 88.8 Å². The van der Waals surface area contributed by atoms with Crippen LogP contribution in [0.1, 0.15) is 27.0 Å². The van der Waals surface area contributed by atoms with Gasteiger partial charge in [-0.05, 0) is 36.6 Å². The summed E-state index contributed by atoms with van der Waals surface area (Å²) in [5.74, 6) is -0.351. The number of nitrogens with one attached hydrogen (secondary N) is 1. The van der Waals surface area contributed by atoms with Gasteiger partial charge in [0, 0.05) is 6.54 Å². The van der Waals surface area contributed by atoms with Crippen molar-refractivity contribution in [1.29, 1.82) is 0 Å². The van der Waals surface area contributed by atoms with Crippen LogP contribution in [0.2, 0.25) is 0 Å². The molecule has 4 heteroatoms. The first-order chi connectivity index (χ1) is 7.10. The molecule has 0 spiro atoms. The number of hydrogen-bond donors (Lipinski definition) is 2. The second-order valence-corrected chi connectivity index (χ2v) is 3.41. The summed E-state index contributed by atoms with van der Waals surface area (Å²) < 4.78 is 4.68. The number of aryl methyl sites for hydroxylation is 1. The summed E-state index contributed by atoms with van der Waals surface area (Å²) in [7, 11) is 1.36. The highest BCUT2D eigenvalue weighted by Gasteiger charge is 2.12. The van der Waals surface area contributed by atoms with Gasteiger partial charge in [0.1, 0.15) is 0 Å². The molecular weight excluding hydrogens is 194 g/mol. The van der Waals surface area contributed by atoms with E-state index in [1.165, 1.54) is 7.11 Å². The molecule has 0 aliphatic carbocycles. The van der Waals surface area contributed by atoms with Gasteiger partial charge in [-0.25, -0.2) is 10.3 Å². The number of hydrogen-bond acceptors (Lipinski definition) is 4. The molecule has 0 radical (unpaired) electrons. The molecule has 0 aliphatic heterocycles. The van der Waals surface area contributed by atoms with Crippen molar-refractivity contribution in [3.63, 3.8) is 0 Å². The lowest BCUT2D eigenvalue weighted by atomic mass is 9.99. The summed E-state index contributed by atoms with van der Waals surface area (Å²) in [6.07, 6.45) is 0. The summed E-state index contributed by atoms with van der Waals surface area (Å²) >= 11 is 0. The maximum absolute atomic E-state index is 11.4. The van der Waals surface area contributed by atoms with Crippen LogP contribution < -0.4 is 5.48 Å². The van der Waals surface area contributed by atoms with Gasteiger partial charge < -0.3 is 9.94 Å². The highest BCUT2D eigenvalue weighted by molar-refractivity contribution is 5.91. The van der Waals surface area contributed by atoms with Crippen LogP contribution in [0, 0.1) is 13.8 Å². The van der Waals surface area contributed by atoms with Gasteiger partial charge in [-0.15, -0.1) is 0 Å². The van der Waals surface area contributed by atoms with Gasteiger partial charge in [0.05, 0.1) is 12.7 Å². The maximum atomic E-state index is 11.4. The Kier molecular flexibility index (Phi) is 3.82. The highest BCUT2D eigenvalue weighted by Crippen LogP contribution is 2.17. The summed E-state index contributed by atoms with van der Waals surface area (Å²) in [6, 6.07) is 3.64. The van der Waals surface area contributed by atoms with Crippen molar-refractivity contribution < 1.29 is 14.7 Å². The average molecular weight is 209 g/mol. The molecule has 0 saturated heterocycles. The van der Waals surface area contributed by atoms with Gasteiger partial charge >= 0.3 is 5.97 Å². The zero-order valence-electron chi connectivity index (χ0n) is 9.13. The molecular formula is C11H15NO3. The maximum Gasteiger partial charge on any atom is 0.338 e. The molecule has 0 heterocycles. The Balaban J connectivity index is 3.18. The van der Waals surface area contributed by atoms with Crippen LogP contribution in [0.5, 0.6) is 0 Å². The minimum absolute atomic E-state index is 0.311. The number of carbonyl (C=O) groups is 1. The first-order valence-electron chi connectivity index (χ1n) is 4.65. The summed E-state index contributed by atoms with van der Waals surface area (Å²) in [5, 5.41) is 8.60. The number of rotatable bonds is 3. The Morgan fingerprint density at radius 3 is 2.67 bits per heavy atom. The quantitative estimate of drug-likeness (QED) is 0.586. The number of esters is 1. The van der Waals surface area contributed by atoms with Crippen LogP contribution in [-0.4, -0.2) is 18.3 Å². The number of benzene rings is 1. The number of ether oxygens (including phenoxy) is 1. The SMILES string of the molecule is COC(=O)c1cc(CNO)cc(C)c1C. The molecule has 82 valence electrons. The molecule has 0 bridgehead atoms. The molecule has 0 atom stereocenters. The number of hydroxylamine groups is 1. The molecule has 4 nitrogen and oxygen atoms in total. The van der Waals surface area contributed by atoms with E-state index in [9.17, 15) is 4.79 Å². The van der Waals surface area contributed by atoms with Gasteiger partial charge in [-0.2, -0.15) is 0 Å². The average Bonchev–Trinajstić information content (AvgIpc) is 2.22. The Hall–Kier alpha value is -1.39. The van der Waals surface area contributed by atoms with Crippen LogP contribution >= 0.6 is 0 Å². The minimum atomic E-state index is -0.351. The monoisotopic (exact) mass is 209 g/mol. The molecule has 0 aliphatic rings. The van der Waals surface area contributed by atoms with E-state index in [0.29, 0.717) is 12.1 Å². The zero-order valence-corrected chi connectivity index (χ0v) is 9.13. The van der Waals surface area contributed by atoms with Crippen molar-refractivity contribution in [1.82, 2.24) is 5.48 Å². The van der Waals surface area contributed by atoms with E-state index in [0.717, 1.165) is 16.7 Å². The van der Waals surface area contributed by atoms with Crippen molar-refractivity contribution in [3.8, 4) is 0 Å². The summed E-state index contributed by atoms with van der Waals surface area (Å²) in [5.41, 5.74) is 5.36. The van der Waals surface area contributed by atoms with Gasteiger partial charge in [0.15, 0.2) is 0 Å².